The average molecular weight is 270 g/mol. The molecule has 1 amide bonds. The molecule has 0 atom stereocenters. The number of nitrogens with one attached hydrogen (secondary N) is 1. The van der Waals surface area contributed by atoms with Crippen LogP contribution in [0.1, 0.15) is 21.6 Å². The first-order valence-electron chi connectivity index (χ1n) is 6.72. The van der Waals surface area contributed by atoms with Crippen molar-refractivity contribution in [2.75, 3.05) is 26.4 Å². The Hall–Kier alpha value is -2.14. The van der Waals surface area contributed by atoms with Gasteiger partial charge in [0.05, 0.1) is 16.8 Å². The number of likely N-dealkylation sites (N-methyl/N-ethyl adjacent to an activating group) is 1. The van der Waals surface area contributed by atoms with Crippen LogP contribution >= 0.6 is 0 Å². The van der Waals surface area contributed by atoms with Crippen molar-refractivity contribution < 1.29 is 4.79 Å². The van der Waals surface area contributed by atoms with E-state index in [9.17, 15) is 4.79 Å². The third kappa shape index (κ3) is 1.91. The Labute approximate surface area is 117 Å². The van der Waals surface area contributed by atoms with E-state index < -0.39 is 0 Å². The van der Waals surface area contributed by atoms with Gasteiger partial charge in [-0.3, -0.25) is 9.78 Å². The van der Waals surface area contributed by atoms with Crippen molar-refractivity contribution in [2.24, 2.45) is 0 Å². The number of para-hydroxylation sites is 1. The van der Waals surface area contributed by atoms with Gasteiger partial charge in [0, 0.05) is 43.2 Å². The lowest BCUT2D eigenvalue weighted by atomic mass is 9.95. The summed E-state index contributed by atoms with van der Waals surface area (Å²) in [6.07, 6.45) is 0.847. The van der Waals surface area contributed by atoms with E-state index in [1.807, 2.05) is 18.2 Å². The summed E-state index contributed by atoms with van der Waals surface area (Å²) < 4.78 is 0. The fraction of sp³-hybridized carbons (Fsp3) is 0.333. The van der Waals surface area contributed by atoms with Crippen LogP contribution in [0.5, 0.6) is 0 Å². The zero-order valence-electron chi connectivity index (χ0n) is 11.7. The lowest BCUT2D eigenvalue weighted by Gasteiger charge is -2.27. The molecule has 5 nitrogen and oxygen atoms in total. The fourth-order valence-corrected chi connectivity index (χ4v) is 2.80. The molecule has 1 aromatic heterocycles. The molecule has 2 aromatic rings. The predicted octanol–water partition coefficient (Wildman–Crippen LogP) is 1.16. The summed E-state index contributed by atoms with van der Waals surface area (Å²) in [5.74, 6) is -0.0745. The Balaban J connectivity index is 2.37. The summed E-state index contributed by atoms with van der Waals surface area (Å²) >= 11 is 0. The van der Waals surface area contributed by atoms with Gasteiger partial charge in [0.15, 0.2) is 0 Å². The summed E-state index contributed by atoms with van der Waals surface area (Å²) in [4.78, 5) is 19.2. The Morgan fingerprint density at radius 2 is 2.25 bits per heavy atom. The summed E-state index contributed by atoms with van der Waals surface area (Å²) in [5.41, 5.74) is 10.1. The van der Waals surface area contributed by atoms with Crippen molar-refractivity contribution in [3.63, 3.8) is 0 Å². The van der Waals surface area contributed by atoms with Crippen molar-refractivity contribution >= 4 is 22.5 Å². The molecule has 1 aliphatic rings. The highest BCUT2D eigenvalue weighted by atomic mass is 16.1. The second-order valence-corrected chi connectivity index (χ2v) is 5.22. The summed E-state index contributed by atoms with van der Waals surface area (Å²) in [7, 11) is 3.71. The Morgan fingerprint density at radius 1 is 1.45 bits per heavy atom. The van der Waals surface area contributed by atoms with Crippen LogP contribution in [0.4, 0.5) is 5.69 Å². The van der Waals surface area contributed by atoms with Crippen LogP contribution in [-0.4, -0.2) is 36.4 Å². The van der Waals surface area contributed by atoms with Crippen molar-refractivity contribution in [2.45, 2.75) is 13.0 Å². The number of hydrogen-bond donors (Lipinski definition) is 2. The zero-order chi connectivity index (χ0) is 14.3. The Kier molecular flexibility index (Phi) is 3.06. The van der Waals surface area contributed by atoms with Crippen LogP contribution in [0.15, 0.2) is 18.2 Å². The molecule has 0 aliphatic carbocycles. The van der Waals surface area contributed by atoms with Gasteiger partial charge in [-0.15, -0.1) is 0 Å². The highest BCUT2D eigenvalue weighted by Gasteiger charge is 2.24. The van der Waals surface area contributed by atoms with Gasteiger partial charge in [-0.1, -0.05) is 12.1 Å². The molecule has 0 bridgehead atoms. The number of amides is 1. The molecule has 2 heterocycles. The van der Waals surface area contributed by atoms with Crippen LogP contribution in [0.2, 0.25) is 0 Å². The van der Waals surface area contributed by atoms with Crippen molar-refractivity contribution in [1.29, 1.82) is 0 Å². The Bertz CT molecular complexity index is 696. The van der Waals surface area contributed by atoms with E-state index in [1.54, 1.807) is 7.05 Å². The molecule has 1 aliphatic heterocycles. The van der Waals surface area contributed by atoms with Gasteiger partial charge >= 0.3 is 0 Å². The largest absolute Gasteiger partial charge is 0.397 e. The first-order chi connectivity index (χ1) is 9.61. The molecule has 5 heteroatoms. The van der Waals surface area contributed by atoms with Gasteiger partial charge in [0.25, 0.3) is 5.91 Å². The average Bonchev–Trinajstić information content (AvgIpc) is 2.45. The third-order valence-corrected chi connectivity index (χ3v) is 3.85. The molecule has 1 aromatic carbocycles. The maximum Gasteiger partial charge on any atom is 0.252 e. The standard InChI is InChI=1S/C15H18N4O/c1-17-15(20)13-9-4-3-5-11(16)14(9)18-12-6-7-19(2)8-10(12)13/h3-5H,6-8,16H2,1-2H3,(H,17,20). The molecule has 3 N–H and O–H groups in total. The van der Waals surface area contributed by atoms with E-state index in [4.69, 9.17) is 10.7 Å². The summed E-state index contributed by atoms with van der Waals surface area (Å²) in [5, 5.41) is 3.56. The SMILES string of the molecule is CNC(=O)c1c2c(nc3c(N)cccc13)CCN(C)C2. The fourth-order valence-electron chi connectivity index (χ4n) is 2.80. The summed E-state index contributed by atoms with van der Waals surface area (Å²) in [6.45, 7) is 1.70. The van der Waals surface area contributed by atoms with Crippen LogP contribution in [0.3, 0.4) is 0 Å². The monoisotopic (exact) mass is 270 g/mol. The lowest BCUT2D eigenvalue weighted by Crippen LogP contribution is -2.31. The first-order valence-corrected chi connectivity index (χ1v) is 6.72. The van der Waals surface area contributed by atoms with E-state index >= 15 is 0 Å². The molecule has 3 rings (SSSR count). The summed E-state index contributed by atoms with van der Waals surface area (Å²) in [6, 6.07) is 5.60. The zero-order valence-corrected chi connectivity index (χ0v) is 11.7. The van der Waals surface area contributed by atoms with E-state index in [-0.39, 0.29) is 5.91 Å². The van der Waals surface area contributed by atoms with Crippen LogP contribution in [0.25, 0.3) is 10.9 Å². The first kappa shape index (κ1) is 12.9. The maximum atomic E-state index is 12.3. The molecule has 20 heavy (non-hydrogen) atoms. The number of benzene rings is 1. The minimum Gasteiger partial charge on any atom is -0.397 e. The predicted molar refractivity (Wildman–Crippen MR) is 79.6 cm³/mol. The minimum atomic E-state index is -0.0745. The molecule has 0 spiro atoms. The Morgan fingerprint density at radius 3 is 3.00 bits per heavy atom. The molecule has 0 saturated carbocycles. The molecule has 0 fully saturated rings. The van der Waals surface area contributed by atoms with E-state index in [0.29, 0.717) is 11.3 Å². The number of nitrogens with two attached hydrogens (primary N) is 1. The molecule has 0 radical (unpaired) electrons. The van der Waals surface area contributed by atoms with Gasteiger partial charge in [-0.05, 0) is 13.1 Å². The lowest BCUT2D eigenvalue weighted by molar-refractivity contribution is 0.0962. The second kappa shape index (κ2) is 4.76. The maximum absolute atomic E-state index is 12.3. The molecule has 0 unspecified atom stereocenters. The number of pyridine rings is 1. The number of nitrogens with zero attached hydrogens (tertiary/aromatic N) is 2. The number of fused-ring (bicyclic) bond motifs is 2. The van der Waals surface area contributed by atoms with Gasteiger partial charge in [-0.2, -0.15) is 0 Å². The molecular weight excluding hydrogens is 252 g/mol. The third-order valence-electron chi connectivity index (χ3n) is 3.85. The van der Waals surface area contributed by atoms with Crippen molar-refractivity contribution in [3.8, 4) is 0 Å². The molecule has 0 saturated heterocycles. The highest BCUT2D eigenvalue weighted by Crippen LogP contribution is 2.30. The normalized spacial score (nSPS) is 15.1. The number of nitrogen functional groups attached to an aromatic ring is 1. The molecule has 104 valence electrons. The topological polar surface area (TPSA) is 71.2 Å². The van der Waals surface area contributed by atoms with E-state index in [2.05, 4.69) is 17.3 Å². The number of hydrogen-bond acceptors (Lipinski definition) is 4. The quantitative estimate of drug-likeness (QED) is 0.763. The second-order valence-electron chi connectivity index (χ2n) is 5.22. The number of carbonyl (C=O) groups excluding carboxylic acids is 1. The number of carbonyl (C=O) groups is 1. The number of anilines is 1. The number of aromatic nitrogens is 1. The molecular formula is C15H18N4O. The van der Waals surface area contributed by atoms with Crippen LogP contribution in [0, 0.1) is 0 Å². The van der Waals surface area contributed by atoms with Gasteiger partial charge < -0.3 is 16.0 Å². The van der Waals surface area contributed by atoms with Crippen LogP contribution < -0.4 is 11.1 Å². The minimum absolute atomic E-state index is 0.0745. The smallest absolute Gasteiger partial charge is 0.252 e. The van der Waals surface area contributed by atoms with Crippen LogP contribution in [-0.2, 0) is 13.0 Å². The van der Waals surface area contributed by atoms with E-state index in [1.165, 1.54) is 0 Å². The van der Waals surface area contributed by atoms with Crippen molar-refractivity contribution in [3.05, 3.63) is 35.0 Å². The number of rotatable bonds is 1. The van der Waals surface area contributed by atoms with Gasteiger partial charge in [0.1, 0.15) is 0 Å². The van der Waals surface area contributed by atoms with E-state index in [0.717, 1.165) is 41.7 Å². The highest BCUT2D eigenvalue weighted by molar-refractivity contribution is 6.09. The van der Waals surface area contributed by atoms with Gasteiger partial charge in [0.2, 0.25) is 0 Å². The van der Waals surface area contributed by atoms with Crippen molar-refractivity contribution in [1.82, 2.24) is 15.2 Å². The van der Waals surface area contributed by atoms with Gasteiger partial charge in [-0.25, -0.2) is 0 Å².